The van der Waals surface area contributed by atoms with Gasteiger partial charge in [-0.1, -0.05) is 54.1 Å². The lowest BCUT2D eigenvalue weighted by Gasteiger charge is -2.21. The van der Waals surface area contributed by atoms with E-state index in [1.807, 2.05) is 13.0 Å². The van der Waals surface area contributed by atoms with E-state index in [1.54, 1.807) is 48.5 Å². The van der Waals surface area contributed by atoms with Gasteiger partial charge < -0.3 is 4.74 Å². The van der Waals surface area contributed by atoms with Gasteiger partial charge in [0, 0.05) is 0 Å². The number of esters is 1. The van der Waals surface area contributed by atoms with Crippen LogP contribution in [0.3, 0.4) is 0 Å². The molecule has 0 saturated carbocycles. The Kier molecular flexibility index (Phi) is 5.14. The number of carbonyl (C=O) groups excluding carboxylic acids is 3. The summed E-state index contributed by atoms with van der Waals surface area (Å²) < 4.78 is 19.4. The summed E-state index contributed by atoms with van der Waals surface area (Å²) in [5, 5.41) is 0. The standard InChI is InChI=1S/C24H18FNO4/c1-15-10-11-19-20(12-15)24(29)26(23(19)28)14-21(27)30-22(16-6-3-2-4-7-16)17-8-5-9-18(25)13-17/h2-13,22H,14H2,1H3. The maximum atomic E-state index is 13.8. The fourth-order valence-electron chi connectivity index (χ4n) is 3.47. The van der Waals surface area contributed by atoms with E-state index in [1.165, 1.54) is 18.2 Å². The van der Waals surface area contributed by atoms with Gasteiger partial charge in [0.25, 0.3) is 11.8 Å². The van der Waals surface area contributed by atoms with Crippen LogP contribution in [0.2, 0.25) is 0 Å². The van der Waals surface area contributed by atoms with Crippen LogP contribution in [-0.4, -0.2) is 29.2 Å². The zero-order valence-electron chi connectivity index (χ0n) is 16.2. The molecule has 5 nitrogen and oxygen atoms in total. The number of carbonyl (C=O) groups is 3. The molecular weight excluding hydrogens is 385 g/mol. The number of fused-ring (bicyclic) bond motifs is 1. The molecule has 1 aliphatic rings. The van der Waals surface area contributed by atoms with Crippen molar-refractivity contribution in [1.29, 1.82) is 0 Å². The van der Waals surface area contributed by atoms with Crippen molar-refractivity contribution in [3.05, 3.63) is 106 Å². The Morgan fingerprint density at radius 3 is 2.33 bits per heavy atom. The van der Waals surface area contributed by atoms with E-state index in [9.17, 15) is 18.8 Å². The lowest BCUT2D eigenvalue weighted by molar-refractivity contribution is -0.147. The molecule has 6 heteroatoms. The summed E-state index contributed by atoms with van der Waals surface area (Å²) in [5.74, 6) is -2.29. The molecule has 0 radical (unpaired) electrons. The fraction of sp³-hybridized carbons (Fsp3) is 0.125. The Labute approximate surface area is 172 Å². The van der Waals surface area contributed by atoms with Crippen LogP contribution >= 0.6 is 0 Å². The monoisotopic (exact) mass is 403 g/mol. The van der Waals surface area contributed by atoms with E-state index in [0.717, 1.165) is 10.5 Å². The first-order valence-corrected chi connectivity index (χ1v) is 9.41. The van der Waals surface area contributed by atoms with Crippen molar-refractivity contribution in [2.24, 2.45) is 0 Å². The Morgan fingerprint density at radius 2 is 1.60 bits per heavy atom. The smallest absolute Gasteiger partial charge is 0.327 e. The third-order valence-corrected chi connectivity index (χ3v) is 4.92. The van der Waals surface area contributed by atoms with Crippen molar-refractivity contribution < 1.29 is 23.5 Å². The van der Waals surface area contributed by atoms with E-state index in [-0.39, 0.29) is 11.1 Å². The van der Waals surface area contributed by atoms with Gasteiger partial charge >= 0.3 is 5.97 Å². The van der Waals surface area contributed by atoms with Gasteiger partial charge in [-0.05, 0) is 42.3 Å². The molecule has 0 spiro atoms. The lowest BCUT2D eigenvalue weighted by atomic mass is 10.0. The SMILES string of the molecule is Cc1ccc2c(c1)C(=O)N(CC(=O)OC(c1ccccc1)c1cccc(F)c1)C2=O. The molecule has 0 aliphatic carbocycles. The highest BCUT2D eigenvalue weighted by atomic mass is 19.1. The predicted octanol–water partition coefficient (Wildman–Crippen LogP) is 4.06. The van der Waals surface area contributed by atoms with Crippen LogP contribution in [0, 0.1) is 12.7 Å². The molecule has 1 aliphatic heterocycles. The van der Waals surface area contributed by atoms with Crippen LogP contribution < -0.4 is 0 Å². The Morgan fingerprint density at radius 1 is 0.900 bits per heavy atom. The maximum Gasteiger partial charge on any atom is 0.327 e. The minimum Gasteiger partial charge on any atom is -0.451 e. The van der Waals surface area contributed by atoms with E-state index >= 15 is 0 Å². The first-order chi connectivity index (χ1) is 14.4. The van der Waals surface area contributed by atoms with E-state index in [0.29, 0.717) is 11.1 Å². The highest BCUT2D eigenvalue weighted by molar-refractivity contribution is 6.22. The van der Waals surface area contributed by atoms with Crippen molar-refractivity contribution in [3.63, 3.8) is 0 Å². The second-order valence-electron chi connectivity index (χ2n) is 7.08. The highest BCUT2D eigenvalue weighted by Crippen LogP contribution is 2.28. The summed E-state index contributed by atoms with van der Waals surface area (Å²) in [6, 6.07) is 19.6. The molecule has 4 rings (SSSR count). The second kappa shape index (κ2) is 7.91. The van der Waals surface area contributed by atoms with Gasteiger partial charge in [0.1, 0.15) is 12.4 Å². The summed E-state index contributed by atoms with van der Waals surface area (Å²) in [5.41, 5.74) is 2.48. The molecular formula is C24H18FNO4. The zero-order chi connectivity index (χ0) is 21.3. The van der Waals surface area contributed by atoms with Crippen molar-refractivity contribution in [3.8, 4) is 0 Å². The molecule has 2 amide bonds. The predicted molar refractivity (Wildman–Crippen MR) is 107 cm³/mol. The first kappa shape index (κ1) is 19.5. The van der Waals surface area contributed by atoms with Crippen LogP contribution in [0.5, 0.6) is 0 Å². The minimum atomic E-state index is -0.869. The van der Waals surface area contributed by atoms with Crippen LogP contribution in [0.25, 0.3) is 0 Å². The van der Waals surface area contributed by atoms with Crippen molar-refractivity contribution >= 4 is 17.8 Å². The lowest BCUT2D eigenvalue weighted by Crippen LogP contribution is -2.36. The van der Waals surface area contributed by atoms with Gasteiger partial charge in [0.15, 0.2) is 6.10 Å². The molecule has 3 aromatic carbocycles. The molecule has 0 saturated heterocycles. The number of nitrogens with zero attached hydrogens (tertiary/aromatic N) is 1. The van der Waals surface area contributed by atoms with Crippen LogP contribution in [-0.2, 0) is 9.53 Å². The Balaban J connectivity index is 1.57. The second-order valence-corrected chi connectivity index (χ2v) is 7.08. The third kappa shape index (κ3) is 3.72. The van der Waals surface area contributed by atoms with Crippen LogP contribution in [0.1, 0.15) is 43.5 Å². The molecule has 1 heterocycles. The third-order valence-electron chi connectivity index (χ3n) is 4.92. The average molecular weight is 403 g/mol. The van der Waals surface area contributed by atoms with Crippen molar-refractivity contribution in [2.75, 3.05) is 6.54 Å². The van der Waals surface area contributed by atoms with E-state index in [2.05, 4.69) is 0 Å². The number of amides is 2. The molecule has 0 N–H and O–H groups in total. The number of hydrogen-bond donors (Lipinski definition) is 0. The molecule has 3 aromatic rings. The quantitative estimate of drug-likeness (QED) is 0.476. The van der Waals surface area contributed by atoms with Crippen molar-refractivity contribution in [2.45, 2.75) is 13.0 Å². The number of halogens is 1. The van der Waals surface area contributed by atoms with Crippen LogP contribution in [0.15, 0.2) is 72.8 Å². The maximum absolute atomic E-state index is 13.8. The summed E-state index contributed by atoms with van der Waals surface area (Å²) in [6.07, 6.45) is -0.869. The molecule has 0 fully saturated rings. The van der Waals surface area contributed by atoms with E-state index in [4.69, 9.17) is 4.74 Å². The van der Waals surface area contributed by atoms with E-state index < -0.39 is 36.2 Å². The van der Waals surface area contributed by atoms with Gasteiger partial charge in [0.05, 0.1) is 11.1 Å². The van der Waals surface area contributed by atoms with Gasteiger partial charge in [-0.2, -0.15) is 0 Å². The topological polar surface area (TPSA) is 63.7 Å². The molecule has 30 heavy (non-hydrogen) atoms. The van der Waals surface area contributed by atoms with Gasteiger partial charge in [0.2, 0.25) is 0 Å². The molecule has 150 valence electrons. The minimum absolute atomic E-state index is 0.267. The first-order valence-electron chi connectivity index (χ1n) is 9.41. The van der Waals surface area contributed by atoms with Gasteiger partial charge in [-0.25, -0.2) is 4.39 Å². The largest absolute Gasteiger partial charge is 0.451 e. The summed E-state index contributed by atoms with van der Waals surface area (Å²) in [7, 11) is 0. The van der Waals surface area contributed by atoms with Gasteiger partial charge in [-0.3, -0.25) is 19.3 Å². The summed E-state index contributed by atoms with van der Waals surface area (Å²) >= 11 is 0. The molecule has 1 atom stereocenters. The normalized spacial score (nSPS) is 13.9. The molecule has 1 unspecified atom stereocenters. The number of hydrogen-bond acceptors (Lipinski definition) is 4. The number of imide groups is 1. The summed E-state index contributed by atoms with van der Waals surface area (Å²) in [4.78, 5) is 38.7. The Bertz CT molecular complexity index is 1140. The number of aryl methyl sites for hydroxylation is 1. The van der Waals surface area contributed by atoms with Crippen LogP contribution in [0.4, 0.5) is 4.39 Å². The van der Waals surface area contributed by atoms with Gasteiger partial charge in [-0.15, -0.1) is 0 Å². The Hall–Kier alpha value is -3.80. The number of rotatable bonds is 5. The number of ether oxygens (including phenoxy) is 1. The number of benzene rings is 3. The fourth-order valence-corrected chi connectivity index (χ4v) is 3.47. The molecule has 0 bridgehead atoms. The van der Waals surface area contributed by atoms with Crippen molar-refractivity contribution in [1.82, 2.24) is 4.90 Å². The average Bonchev–Trinajstić information content (AvgIpc) is 2.97. The zero-order valence-corrected chi connectivity index (χ0v) is 16.2. The molecule has 0 aromatic heterocycles. The summed E-state index contributed by atoms with van der Waals surface area (Å²) in [6.45, 7) is 1.29. The highest BCUT2D eigenvalue weighted by Gasteiger charge is 2.37.